The van der Waals surface area contributed by atoms with Gasteiger partial charge in [0.2, 0.25) is 11.8 Å². The Morgan fingerprint density at radius 1 is 1.20 bits per heavy atom. The highest BCUT2D eigenvalue weighted by Gasteiger charge is 2.36. The normalized spacial score (nSPS) is 22.8. The molecule has 0 aromatic carbocycles. The first-order valence-electron chi connectivity index (χ1n) is 9.54. The predicted octanol–water partition coefficient (Wildman–Crippen LogP) is 2.36. The lowest BCUT2D eigenvalue weighted by Gasteiger charge is -2.37. The third-order valence-corrected chi connectivity index (χ3v) is 5.59. The zero-order valence-corrected chi connectivity index (χ0v) is 15.6. The van der Waals surface area contributed by atoms with Crippen molar-refractivity contribution in [2.24, 2.45) is 5.92 Å². The Hall–Kier alpha value is -1.85. The highest BCUT2D eigenvalue weighted by Crippen LogP contribution is 2.30. The van der Waals surface area contributed by atoms with Crippen LogP contribution in [0.2, 0.25) is 0 Å². The molecule has 1 aromatic rings. The van der Waals surface area contributed by atoms with Crippen LogP contribution in [0.15, 0.2) is 6.07 Å². The van der Waals surface area contributed by atoms with E-state index in [0.29, 0.717) is 6.54 Å². The van der Waals surface area contributed by atoms with Crippen LogP contribution in [0.3, 0.4) is 0 Å². The fraction of sp³-hybridized carbons (Fsp3) is 0.737. The lowest BCUT2D eigenvalue weighted by atomic mass is 9.95. The minimum absolute atomic E-state index is 0.0910. The van der Waals surface area contributed by atoms with E-state index < -0.39 is 0 Å². The second-order valence-electron chi connectivity index (χ2n) is 7.67. The fourth-order valence-corrected chi connectivity index (χ4v) is 4.46. The molecule has 1 saturated heterocycles. The number of carbonyl (C=O) groups excluding carboxylic acids is 2. The Bertz CT molecular complexity index is 633. The molecule has 0 bridgehead atoms. The summed E-state index contributed by atoms with van der Waals surface area (Å²) in [6.07, 6.45) is 6.40. The Morgan fingerprint density at radius 2 is 1.92 bits per heavy atom. The second kappa shape index (κ2) is 7.58. The molecule has 2 amide bonds. The summed E-state index contributed by atoms with van der Waals surface area (Å²) in [4.78, 5) is 26.8. The van der Waals surface area contributed by atoms with E-state index >= 15 is 0 Å². The topological polar surface area (TPSA) is 67.2 Å². The molecule has 2 fully saturated rings. The van der Waals surface area contributed by atoms with Crippen LogP contribution in [-0.2, 0) is 9.59 Å². The molecule has 2 heterocycles. The van der Waals surface area contributed by atoms with Gasteiger partial charge in [-0.05, 0) is 51.5 Å². The molecule has 2 atom stereocenters. The molecule has 2 aliphatic rings. The van der Waals surface area contributed by atoms with Crippen molar-refractivity contribution in [3.8, 4) is 0 Å². The van der Waals surface area contributed by atoms with Gasteiger partial charge in [0, 0.05) is 25.7 Å². The second-order valence-corrected chi connectivity index (χ2v) is 7.67. The molecule has 6 heteroatoms. The molecule has 1 aromatic heterocycles. The summed E-state index contributed by atoms with van der Waals surface area (Å²) >= 11 is 0. The summed E-state index contributed by atoms with van der Waals surface area (Å²) in [6, 6.07) is 1.95. The molecule has 3 rings (SSSR count). The summed E-state index contributed by atoms with van der Waals surface area (Å²) < 4.78 is 2.07. The van der Waals surface area contributed by atoms with Crippen molar-refractivity contribution in [3.63, 3.8) is 0 Å². The SMILES string of the molecule is CC(=O)N[C@H](C(=O)N1CCC[C@H](n2nc(C)cc2C)C1)C1CCCC1. The van der Waals surface area contributed by atoms with Crippen molar-refractivity contribution < 1.29 is 9.59 Å². The molecule has 0 radical (unpaired) electrons. The number of hydrogen-bond acceptors (Lipinski definition) is 3. The van der Waals surface area contributed by atoms with Crippen LogP contribution >= 0.6 is 0 Å². The zero-order chi connectivity index (χ0) is 18.0. The largest absolute Gasteiger partial charge is 0.344 e. The van der Waals surface area contributed by atoms with Crippen LogP contribution in [0, 0.1) is 19.8 Å². The molecular weight excluding hydrogens is 316 g/mol. The first-order chi connectivity index (χ1) is 12.0. The number of aryl methyl sites for hydroxylation is 2. The number of amides is 2. The van der Waals surface area contributed by atoms with Crippen molar-refractivity contribution in [1.82, 2.24) is 20.0 Å². The quantitative estimate of drug-likeness (QED) is 0.910. The molecule has 1 aliphatic heterocycles. The predicted molar refractivity (Wildman–Crippen MR) is 96.1 cm³/mol. The Kier molecular flexibility index (Phi) is 5.45. The number of rotatable bonds is 4. The summed E-state index contributed by atoms with van der Waals surface area (Å²) in [5, 5.41) is 7.54. The van der Waals surface area contributed by atoms with E-state index in [1.54, 1.807) is 0 Å². The lowest BCUT2D eigenvalue weighted by Crippen LogP contribution is -2.53. The van der Waals surface area contributed by atoms with Crippen LogP contribution in [0.1, 0.15) is 62.9 Å². The van der Waals surface area contributed by atoms with Crippen molar-refractivity contribution in [2.75, 3.05) is 13.1 Å². The lowest BCUT2D eigenvalue weighted by molar-refractivity contribution is -0.139. The third kappa shape index (κ3) is 4.05. The van der Waals surface area contributed by atoms with Gasteiger partial charge in [-0.2, -0.15) is 5.10 Å². The number of aromatic nitrogens is 2. The molecule has 1 N–H and O–H groups in total. The molecular formula is C19H30N4O2. The number of piperidine rings is 1. The smallest absolute Gasteiger partial charge is 0.245 e. The summed E-state index contributed by atoms with van der Waals surface area (Å²) in [5.41, 5.74) is 2.16. The molecule has 25 heavy (non-hydrogen) atoms. The van der Waals surface area contributed by atoms with Gasteiger partial charge in [0.1, 0.15) is 6.04 Å². The van der Waals surface area contributed by atoms with Gasteiger partial charge in [-0.3, -0.25) is 14.3 Å². The fourth-order valence-electron chi connectivity index (χ4n) is 4.46. The number of hydrogen-bond donors (Lipinski definition) is 1. The van der Waals surface area contributed by atoms with E-state index in [1.165, 1.54) is 6.92 Å². The van der Waals surface area contributed by atoms with Crippen LogP contribution in [0.5, 0.6) is 0 Å². The van der Waals surface area contributed by atoms with Crippen molar-refractivity contribution in [2.45, 2.75) is 71.4 Å². The van der Waals surface area contributed by atoms with Crippen molar-refractivity contribution in [1.29, 1.82) is 0 Å². The van der Waals surface area contributed by atoms with E-state index in [4.69, 9.17) is 0 Å². The molecule has 1 saturated carbocycles. The van der Waals surface area contributed by atoms with Crippen LogP contribution in [0.4, 0.5) is 0 Å². The molecule has 1 aliphatic carbocycles. The van der Waals surface area contributed by atoms with Crippen molar-refractivity contribution in [3.05, 3.63) is 17.5 Å². The van der Waals surface area contributed by atoms with Gasteiger partial charge in [0.25, 0.3) is 0 Å². The summed E-state index contributed by atoms with van der Waals surface area (Å²) in [6.45, 7) is 7.03. The first-order valence-corrected chi connectivity index (χ1v) is 9.54. The maximum Gasteiger partial charge on any atom is 0.245 e. The molecule has 0 spiro atoms. The number of nitrogens with one attached hydrogen (secondary N) is 1. The van der Waals surface area contributed by atoms with Gasteiger partial charge in [-0.25, -0.2) is 0 Å². The van der Waals surface area contributed by atoms with Gasteiger partial charge in [0.15, 0.2) is 0 Å². The van der Waals surface area contributed by atoms with Crippen LogP contribution in [-0.4, -0.2) is 45.6 Å². The Balaban J connectivity index is 1.73. The van der Waals surface area contributed by atoms with E-state index in [2.05, 4.69) is 28.1 Å². The average Bonchev–Trinajstić information content (AvgIpc) is 3.21. The monoisotopic (exact) mass is 346 g/mol. The Labute approximate surface area is 149 Å². The van der Waals surface area contributed by atoms with Crippen LogP contribution < -0.4 is 5.32 Å². The van der Waals surface area contributed by atoms with E-state index in [-0.39, 0.29) is 29.8 Å². The highest BCUT2D eigenvalue weighted by atomic mass is 16.2. The summed E-state index contributed by atoms with van der Waals surface area (Å²) in [7, 11) is 0. The maximum absolute atomic E-state index is 13.2. The van der Waals surface area contributed by atoms with Gasteiger partial charge >= 0.3 is 0 Å². The number of carbonyl (C=O) groups is 2. The van der Waals surface area contributed by atoms with E-state index in [9.17, 15) is 9.59 Å². The van der Waals surface area contributed by atoms with Crippen LogP contribution in [0.25, 0.3) is 0 Å². The first kappa shape index (κ1) is 18.0. The average molecular weight is 346 g/mol. The van der Waals surface area contributed by atoms with Gasteiger partial charge in [0.05, 0.1) is 11.7 Å². The van der Waals surface area contributed by atoms with E-state index in [0.717, 1.165) is 56.5 Å². The third-order valence-electron chi connectivity index (χ3n) is 5.59. The van der Waals surface area contributed by atoms with Gasteiger partial charge in [-0.15, -0.1) is 0 Å². The van der Waals surface area contributed by atoms with Crippen molar-refractivity contribution >= 4 is 11.8 Å². The zero-order valence-electron chi connectivity index (χ0n) is 15.6. The molecule has 6 nitrogen and oxygen atoms in total. The highest BCUT2D eigenvalue weighted by molar-refractivity contribution is 5.87. The minimum atomic E-state index is -0.362. The molecule has 138 valence electrons. The number of nitrogens with zero attached hydrogens (tertiary/aromatic N) is 3. The Morgan fingerprint density at radius 3 is 2.52 bits per heavy atom. The van der Waals surface area contributed by atoms with E-state index in [1.807, 2.05) is 11.8 Å². The molecule has 0 unspecified atom stereocenters. The van der Waals surface area contributed by atoms with Gasteiger partial charge < -0.3 is 10.2 Å². The minimum Gasteiger partial charge on any atom is -0.344 e. The van der Waals surface area contributed by atoms with Gasteiger partial charge in [-0.1, -0.05) is 12.8 Å². The number of likely N-dealkylation sites (tertiary alicyclic amines) is 1. The summed E-state index contributed by atoms with van der Waals surface area (Å²) in [5.74, 6) is 0.260. The standard InChI is InChI=1S/C19H30N4O2/c1-13-11-14(2)23(21-13)17-9-6-10-22(12-17)19(25)18(20-15(3)24)16-7-4-5-8-16/h11,16-18H,4-10,12H2,1-3H3,(H,20,24)/t17-,18-/m0/s1. The maximum atomic E-state index is 13.2.